The van der Waals surface area contributed by atoms with E-state index in [4.69, 9.17) is 4.74 Å². The topological polar surface area (TPSA) is 109 Å². The molecule has 4 aromatic rings. The second kappa shape index (κ2) is 8.23. The Balaban J connectivity index is 1.49. The van der Waals surface area contributed by atoms with Crippen molar-refractivity contribution in [1.29, 1.82) is 0 Å². The molecule has 0 saturated carbocycles. The summed E-state index contributed by atoms with van der Waals surface area (Å²) < 4.78 is 5.23. The third-order valence-corrected chi connectivity index (χ3v) is 4.65. The fourth-order valence-corrected chi connectivity index (χ4v) is 3.29. The molecule has 4 rings (SSSR count). The number of nitrogens with zero attached hydrogens (tertiary/aromatic N) is 7. The molecule has 3 heterocycles. The summed E-state index contributed by atoms with van der Waals surface area (Å²) in [6, 6.07) is 8.73. The molecule has 1 aromatic carbocycles. The van der Waals surface area contributed by atoms with Crippen molar-refractivity contribution in [1.82, 2.24) is 35.2 Å². The Kier molecular flexibility index (Phi) is 5.34. The highest BCUT2D eigenvalue weighted by atomic mass is 32.1. The van der Waals surface area contributed by atoms with E-state index in [1.807, 2.05) is 25.3 Å². The van der Waals surface area contributed by atoms with E-state index >= 15 is 0 Å². The smallest absolute Gasteiger partial charge is 0.338 e. The van der Waals surface area contributed by atoms with Gasteiger partial charge in [-0.25, -0.2) is 19.7 Å². The SMILES string of the molecule is CC(C)OC(=O)c1cccc(-c2nnn(Cc3csc(-c4ncccn4)n3)n2)c1. The van der Waals surface area contributed by atoms with Crippen molar-refractivity contribution in [2.75, 3.05) is 0 Å². The molecule has 0 N–H and O–H groups in total. The van der Waals surface area contributed by atoms with Gasteiger partial charge in [-0.15, -0.1) is 21.5 Å². The third-order valence-electron chi connectivity index (χ3n) is 3.76. The fourth-order valence-electron chi connectivity index (χ4n) is 2.53. The lowest BCUT2D eigenvalue weighted by Crippen LogP contribution is -2.11. The predicted octanol–water partition coefficient (Wildman–Crippen LogP) is 2.87. The molecule has 3 aromatic heterocycles. The van der Waals surface area contributed by atoms with Crippen molar-refractivity contribution in [2.24, 2.45) is 0 Å². The number of carbonyl (C=O) groups excluding carboxylic acids is 1. The standard InChI is InChI=1S/C19H17N7O2S/c1-12(2)28-19(27)14-6-3-5-13(9-14)16-23-25-26(24-16)10-15-11-29-18(22-15)17-20-7-4-8-21-17/h3-9,11-12H,10H2,1-2H3. The summed E-state index contributed by atoms with van der Waals surface area (Å²) in [4.78, 5) is 26.5. The van der Waals surface area contributed by atoms with Crippen LogP contribution in [0.4, 0.5) is 0 Å². The van der Waals surface area contributed by atoms with Gasteiger partial charge in [0.25, 0.3) is 0 Å². The average Bonchev–Trinajstić information content (AvgIpc) is 3.38. The van der Waals surface area contributed by atoms with E-state index in [2.05, 4.69) is 30.4 Å². The Morgan fingerprint density at radius 3 is 2.79 bits per heavy atom. The largest absolute Gasteiger partial charge is 0.459 e. The number of ether oxygens (including phenoxy) is 1. The zero-order valence-corrected chi connectivity index (χ0v) is 16.6. The molecule has 0 unspecified atom stereocenters. The van der Waals surface area contributed by atoms with Gasteiger partial charge in [-0.3, -0.25) is 0 Å². The normalized spacial score (nSPS) is 11.0. The van der Waals surface area contributed by atoms with Gasteiger partial charge in [-0.1, -0.05) is 12.1 Å². The Morgan fingerprint density at radius 2 is 2.00 bits per heavy atom. The van der Waals surface area contributed by atoms with Crippen molar-refractivity contribution >= 4 is 17.3 Å². The lowest BCUT2D eigenvalue weighted by atomic mass is 10.1. The number of tetrazole rings is 1. The maximum Gasteiger partial charge on any atom is 0.338 e. The van der Waals surface area contributed by atoms with Crippen LogP contribution in [-0.4, -0.2) is 47.2 Å². The van der Waals surface area contributed by atoms with Gasteiger partial charge in [-0.2, -0.15) is 4.80 Å². The van der Waals surface area contributed by atoms with Crippen LogP contribution < -0.4 is 0 Å². The van der Waals surface area contributed by atoms with Crippen LogP contribution in [0.25, 0.3) is 22.2 Å². The van der Waals surface area contributed by atoms with Crippen LogP contribution >= 0.6 is 11.3 Å². The molecule has 0 radical (unpaired) electrons. The minimum atomic E-state index is -0.382. The van der Waals surface area contributed by atoms with Crippen molar-refractivity contribution in [3.8, 4) is 22.2 Å². The first kappa shape index (κ1) is 18.8. The summed E-state index contributed by atoms with van der Waals surface area (Å²) >= 11 is 1.46. The van der Waals surface area contributed by atoms with E-state index < -0.39 is 0 Å². The summed E-state index contributed by atoms with van der Waals surface area (Å²) in [5.74, 6) is 0.625. The molecule has 0 saturated heterocycles. The van der Waals surface area contributed by atoms with Crippen LogP contribution in [-0.2, 0) is 11.3 Å². The van der Waals surface area contributed by atoms with E-state index in [1.54, 1.807) is 36.7 Å². The molecule has 29 heavy (non-hydrogen) atoms. The van der Waals surface area contributed by atoms with Gasteiger partial charge in [0, 0.05) is 23.3 Å². The summed E-state index contributed by atoms with van der Waals surface area (Å²) in [5, 5.41) is 15.2. The minimum absolute atomic E-state index is 0.186. The number of benzene rings is 1. The van der Waals surface area contributed by atoms with Gasteiger partial charge < -0.3 is 4.74 Å². The second-order valence-corrected chi connectivity index (χ2v) is 7.25. The van der Waals surface area contributed by atoms with Crippen LogP contribution in [0.15, 0.2) is 48.1 Å². The molecule has 146 valence electrons. The molecule has 0 atom stereocenters. The third kappa shape index (κ3) is 4.49. The van der Waals surface area contributed by atoms with Crippen molar-refractivity contribution in [2.45, 2.75) is 26.5 Å². The molecular formula is C19H17N7O2S. The highest BCUT2D eigenvalue weighted by Gasteiger charge is 2.14. The molecule has 0 amide bonds. The van der Waals surface area contributed by atoms with Crippen molar-refractivity contribution in [3.05, 3.63) is 59.4 Å². The minimum Gasteiger partial charge on any atom is -0.459 e. The Hall–Kier alpha value is -3.53. The van der Waals surface area contributed by atoms with Crippen LogP contribution in [0, 0.1) is 0 Å². The number of rotatable bonds is 6. The molecule has 0 bridgehead atoms. The quantitative estimate of drug-likeness (QED) is 0.449. The van der Waals surface area contributed by atoms with Crippen LogP contribution in [0.1, 0.15) is 29.9 Å². The van der Waals surface area contributed by atoms with Gasteiger partial charge in [0.15, 0.2) is 10.8 Å². The predicted molar refractivity (Wildman–Crippen MR) is 106 cm³/mol. The van der Waals surface area contributed by atoms with E-state index in [1.165, 1.54) is 16.1 Å². The number of carbonyl (C=O) groups is 1. The summed E-state index contributed by atoms with van der Waals surface area (Å²) in [7, 11) is 0. The van der Waals surface area contributed by atoms with Gasteiger partial charge in [0.2, 0.25) is 5.82 Å². The Labute approximate surface area is 170 Å². The van der Waals surface area contributed by atoms with Crippen LogP contribution in [0.5, 0.6) is 0 Å². The molecule has 9 nitrogen and oxygen atoms in total. The van der Waals surface area contributed by atoms with E-state index in [0.717, 1.165) is 10.7 Å². The van der Waals surface area contributed by atoms with Gasteiger partial charge in [0.05, 0.1) is 17.4 Å². The first-order valence-electron chi connectivity index (χ1n) is 8.89. The summed E-state index contributed by atoms with van der Waals surface area (Å²) in [6.45, 7) is 3.98. The summed E-state index contributed by atoms with van der Waals surface area (Å²) in [5.41, 5.74) is 1.92. The maximum absolute atomic E-state index is 12.1. The maximum atomic E-state index is 12.1. The molecule has 10 heteroatoms. The number of esters is 1. The van der Waals surface area contributed by atoms with Crippen LogP contribution in [0.3, 0.4) is 0 Å². The van der Waals surface area contributed by atoms with Crippen LogP contribution in [0.2, 0.25) is 0 Å². The summed E-state index contributed by atoms with van der Waals surface area (Å²) in [6.07, 6.45) is 3.17. The lowest BCUT2D eigenvalue weighted by Gasteiger charge is -2.08. The highest BCUT2D eigenvalue weighted by Crippen LogP contribution is 2.20. The first-order valence-corrected chi connectivity index (χ1v) is 9.77. The Morgan fingerprint density at radius 1 is 1.17 bits per heavy atom. The van der Waals surface area contributed by atoms with E-state index in [-0.39, 0.29) is 12.1 Å². The monoisotopic (exact) mass is 407 g/mol. The molecule has 0 fully saturated rings. The lowest BCUT2D eigenvalue weighted by molar-refractivity contribution is 0.0378. The van der Waals surface area contributed by atoms with Gasteiger partial charge in [0.1, 0.15) is 6.54 Å². The van der Waals surface area contributed by atoms with Crippen molar-refractivity contribution < 1.29 is 9.53 Å². The molecule has 0 aliphatic carbocycles. The highest BCUT2D eigenvalue weighted by molar-refractivity contribution is 7.13. The van der Waals surface area contributed by atoms with E-state index in [9.17, 15) is 4.79 Å². The number of thiazole rings is 1. The average molecular weight is 407 g/mol. The molecule has 0 aliphatic rings. The second-order valence-electron chi connectivity index (χ2n) is 6.39. The number of hydrogen-bond donors (Lipinski definition) is 0. The zero-order chi connectivity index (χ0) is 20.2. The fraction of sp³-hybridized carbons (Fsp3) is 0.211. The van der Waals surface area contributed by atoms with Gasteiger partial charge in [-0.05, 0) is 37.3 Å². The van der Waals surface area contributed by atoms with Gasteiger partial charge >= 0.3 is 5.97 Å². The number of hydrogen-bond acceptors (Lipinski definition) is 9. The van der Waals surface area contributed by atoms with Crippen molar-refractivity contribution in [3.63, 3.8) is 0 Å². The number of aromatic nitrogens is 7. The first-order chi connectivity index (χ1) is 14.1. The van der Waals surface area contributed by atoms with E-state index in [0.29, 0.717) is 29.3 Å². The molecular weight excluding hydrogens is 390 g/mol. The molecule has 0 spiro atoms. The Bertz CT molecular complexity index is 1120. The zero-order valence-electron chi connectivity index (χ0n) is 15.8. The molecule has 0 aliphatic heterocycles.